The summed E-state index contributed by atoms with van der Waals surface area (Å²) in [6.45, 7) is 12.7. The number of hydrogen-bond donors (Lipinski definition) is 1. The van der Waals surface area contributed by atoms with Crippen molar-refractivity contribution in [3.63, 3.8) is 0 Å². The lowest BCUT2D eigenvalue weighted by Gasteiger charge is -2.63. The molecule has 3 saturated heterocycles. The number of aromatic hydroxyl groups is 1. The Hall–Kier alpha value is -1.79. The highest BCUT2D eigenvalue weighted by Crippen LogP contribution is 2.70. The van der Waals surface area contributed by atoms with Crippen molar-refractivity contribution >= 4 is 6.03 Å². The third-order valence-corrected chi connectivity index (χ3v) is 6.80. The third-order valence-electron chi connectivity index (χ3n) is 6.80. The van der Waals surface area contributed by atoms with Gasteiger partial charge in [-0.25, -0.2) is 9.68 Å². The maximum absolute atomic E-state index is 13.7. The maximum Gasteiger partial charge on any atom is 0.322 e. The summed E-state index contributed by atoms with van der Waals surface area (Å²) in [4.78, 5) is 29.4. The lowest BCUT2D eigenvalue weighted by molar-refractivity contribution is -0.603. The van der Waals surface area contributed by atoms with Crippen molar-refractivity contribution in [2.75, 3.05) is 19.6 Å². The zero-order valence-electron chi connectivity index (χ0n) is 17.6. The molecule has 0 radical (unpaired) electrons. The standard InChI is InChI=1S/C22H32N2O4/c1-19(2,3)22-20(4,5)15-24(18(26)23-12-7-6-8-13-23)21(22,27-28-22)16-10-9-11-17(25)14-16/h9-11,14,25H,6-8,12-13,15H2,1-5H3/t21-,22-/m0/s1. The van der Waals surface area contributed by atoms with Crippen molar-refractivity contribution in [2.45, 2.75) is 65.2 Å². The first-order valence-corrected chi connectivity index (χ1v) is 10.3. The number of phenols is 1. The molecule has 0 bridgehead atoms. The molecule has 3 aliphatic heterocycles. The first-order valence-electron chi connectivity index (χ1n) is 10.3. The summed E-state index contributed by atoms with van der Waals surface area (Å²) in [6.07, 6.45) is 3.23. The van der Waals surface area contributed by atoms with Crippen LogP contribution in [0.2, 0.25) is 0 Å². The fourth-order valence-electron chi connectivity index (χ4n) is 5.86. The minimum absolute atomic E-state index is 0.00876. The lowest BCUT2D eigenvalue weighted by atomic mass is 9.57. The van der Waals surface area contributed by atoms with Crippen LogP contribution in [0.15, 0.2) is 24.3 Å². The average molecular weight is 389 g/mol. The van der Waals surface area contributed by atoms with Crippen LogP contribution in [0.25, 0.3) is 0 Å². The zero-order chi connectivity index (χ0) is 20.4. The Kier molecular flexibility index (Phi) is 4.25. The van der Waals surface area contributed by atoms with Gasteiger partial charge in [-0.3, -0.25) is 4.90 Å². The average Bonchev–Trinajstić information content (AvgIpc) is 2.73. The number of amides is 2. The molecule has 0 unspecified atom stereocenters. The molecular formula is C22H32N2O4. The van der Waals surface area contributed by atoms with Crippen molar-refractivity contribution in [1.82, 2.24) is 9.80 Å². The number of carbonyl (C=O) groups is 1. The number of nitrogens with zero attached hydrogens (tertiary/aromatic N) is 2. The molecule has 4 rings (SSSR count). The molecule has 6 heteroatoms. The Morgan fingerprint density at radius 3 is 2.32 bits per heavy atom. The molecule has 0 aromatic heterocycles. The summed E-state index contributed by atoms with van der Waals surface area (Å²) < 4.78 is 0. The van der Waals surface area contributed by atoms with Gasteiger partial charge < -0.3 is 10.0 Å². The predicted octanol–water partition coefficient (Wildman–Crippen LogP) is 4.24. The summed E-state index contributed by atoms with van der Waals surface area (Å²) in [5, 5.41) is 10.2. The first-order chi connectivity index (χ1) is 13.1. The number of piperidine rings is 1. The van der Waals surface area contributed by atoms with Crippen molar-refractivity contribution in [1.29, 1.82) is 0 Å². The summed E-state index contributed by atoms with van der Waals surface area (Å²) in [6, 6.07) is 7.03. The molecule has 3 aliphatic rings. The third kappa shape index (κ3) is 2.31. The Bertz CT molecular complexity index is 781. The molecule has 3 heterocycles. The fourth-order valence-corrected chi connectivity index (χ4v) is 5.86. The highest BCUT2D eigenvalue weighted by atomic mass is 17.3. The number of likely N-dealkylation sites (tertiary alicyclic amines) is 2. The molecular weight excluding hydrogens is 356 g/mol. The second-order valence-corrected chi connectivity index (χ2v) is 10.1. The van der Waals surface area contributed by atoms with E-state index in [1.807, 2.05) is 15.9 Å². The molecule has 28 heavy (non-hydrogen) atoms. The predicted molar refractivity (Wildman–Crippen MR) is 105 cm³/mol. The van der Waals surface area contributed by atoms with Gasteiger partial charge in [-0.1, -0.05) is 46.8 Å². The van der Waals surface area contributed by atoms with Gasteiger partial charge in [0.25, 0.3) is 0 Å². The van der Waals surface area contributed by atoms with E-state index >= 15 is 0 Å². The van der Waals surface area contributed by atoms with E-state index in [-0.39, 0.29) is 22.6 Å². The van der Waals surface area contributed by atoms with E-state index in [9.17, 15) is 9.90 Å². The van der Waals surface area contributed by atoms with Crippen molar-refractivity contribution in [2.24, 2.45) is 10.8 Å². The zero-order valence-corrected chi connectivity index (χ0v) is 17.6. The van der Waals surface area contributed by atoms with Gasteiger partial charge in [0.1, 0.15) is 5.75 Å². The van der Waals surface area contributed by atoms with Gasteiger partial charge >= 0.3 is 6.03 Å². The minimum atomic E-state index is -1.07. The van der Waals surface area contributed by atoms with Crippen LogP contribution in [0.1, 0.15) is 59.4 Å². The molecule has 0 spiro atoms. The minimum Gasteiger partial charge on any atom is -0.508 e. The number of benzene rings is 1. The normalized spacial score (nSPS) is 32.0. The number of rotatable bonds is 1. The summed E-state index contributed by atoms with van der Waals surface area (Å²) in [7, 11) is 0. The number of fused-ring (bicyclic) bond motifs is 1. The molecule has 2 atom stereocenters. The van der Waals surface area contributed by atoms with Gasteiger partial charge in [0, 0.05) is 36.0 Å². The second kappa shape index (κ2) is 6.10. The molecule has 0 saturated carbocycles. The Labute approximate surface area is 167 Å². The van der Waals surface area contributed by atoms with Crippen LogP contribution in [0.3, 0.4) is 0 Å². The van der Waals surface area contributed by atoms with Crippen LogP contribution in [0, 0.1) is 10.8 Å². The highest BCUT2D eigenvalue weighted by Gasteiger charge is 2.83. The monoisotopic (exact) mass is 388 g/mol. The van der Waals surface area contributed by atoms with Crippen molar-refractivity contribution < 1.29 is 19.7 Å². The van der Waals surface area contributed by atoms with Crippen LogP contribution in [-0.4, -0.2) is 46.2 Å². The second-order valence-electron chi connectivity index (χ2n) is 10.1. The number of phenolic OH excluding ortho intramolecular Hbond substituents is 1. The molecule has 1 aromatic carbocycles. The molecule has 3 fully saturated rings. The van der Waals surface area contributed by atoms with Crippen LogP contribution in [-0.2, 0) is 15.5 Å². The van der Waals surface area contributed by atoms with Crippen LogP contribution >= 0.6 is 0 Å². The van der Waals surface area contributed by atoms with Gasteiger partial charge in [0.05, 0.1) is 0 Å². The van der Waals surface area contributed by atoms with E-state index in [0.717, 1.165) is 31.5 Å². The van der Waals surface area contributed by atoms with Gasteiger partial charge in [-0.05, 0) is 31.4 Å². The lowest BCUT2D eigenvalue weighted by Crippen LogP contribution is -2.76. The Morgan fingerprint density at radius 1 is 1.11 bits per heavy atom. The SMILES string of the molecule is CC(C)(C)[C@@]12OO[C@]1(c1cccc(O)c1)N(C(=O)N1CCCCC1)CC2(C)C. The highest BCUT2D eigenvalue weighted by molar-refractivity contribution is 5.77. The molecule has 1 N–H and O–H groups in total. The summed E-state index contributed by atoms with van der Waals surface area (Å²) in [5.41, 5.74) is -1.71. The molecule has 6 nitrogen and oxygen atoms in total. The van der Waals surface area contributed by atoms with E-state index in [4.69, 9.17) is 9.78 Å². The molecule has 0 aliphatic carbocycles. The van der Waals surface area contributed by atoms with Gasteiger partial charge in [-0.15, -0.1) is 0 Å². The first kappa shape index (κ1) is 19.5. The Balaban J connectivity index is 1.88. The summed E-state index contributed by atoms with van der Waals surface area (Å²) >= 11 is 0. The Morgan fingerprint density at radius 2 is 1.79 bits per heavy atom. The van der Waals surface area contributed by atoms with E-state index in [1.54, 1.807) is 18.2 Å². The van der Waals surface area contributed by atoms with E-state index in [1.165, 1.54) is 6.42 Å². The van der Waals surface area contributed by atoms with Gasteiger partial charge in [-0.2, -0.15) is 4.89 Å². The fraction of sp³-hybridized carbons (Fsp3) is 0.682. The van der Waals surface area contributed by atoms with E-state index in [0.29, 0.717) is 6.54 Å². The quantitative estimate of drug-likeness (QED) is 0.731. The molecule has 2 amide bonds. The van der Waals surface area contributed by atoms with Crippen LogP contribution in [0.5, 0.6) is 5.75 Å². The van der Waals surface area contributed by atoms with E-state index in [2.05, 4.69) is 34.6 Å². The van der Waals surface area contributed by atoms with Gasteiger partial charge in [0.15, 0.2) is 5.60 Å². The molecule has 1 aromatic rings. The summed E-state index contributed by atoms with van der Waals surface area (Å²) in [5.74, 6) is 0.153. The largest absolute Gasteiger partial charge is 0.508 e. The number of hydrogen-bond acceptors (Lipinski definition) is 4. The van der Waals surface area contributed by atoms with Crippen LogP contribution in [0.4, 0.5) is 4.79 Å². The smallest absolute Gasteiger partial charge is 0.322 e. The van der Waals surface area contributed by atoms with Crippen molar-refractivity contribution in [3.8, 4) is 5.75 Å². The topological polar surface area (TPSA) is 62.2 Å². The molecule has 154 valence electrons. The maximum atomic E-state index is 13.7. The number of carbonyl (C=O) groups excluding carboxylic acids is 1. The van der Waals surface area contributed by atoms with Gasteiger partial charge in [0.2, 0.25) is 5.72 Å². The van der Waals surface area contributed by atoms with Crippen LogP contribution < -0.4 is 0 Å². The van der Waals surface area contributed by atoms with Crippen molar-refractivity contribution in [3.05, 3.63) is 29.8 Å². The van der Waals surface area contributed by atoms with E-state index < -0.39 is 11.3 Å². The number of urea groups is 1.